The number of methoxy groups -OCH3 is 1. The average molecular weight is 536 g/mol. The molecular weight excluding hydrogens is 499 g/mol. The van der Waals surface area contributed by atoms with Crippen LogP contribution in [0.2, 0.25) is 0 Å². The summed E-state index contributed by atoms with van der Waals surface area (Å²) >= 11 is 0. The molecular formula is C28H36F3N3O4. The second-order valence-corrected chi connectivity index (χ2v) is 9.88. The number of nitrogens with zero attached hydrogens (tertiary/aromatic N) is 3. The van der Waals surface area contributed by atoms with Gasteiger partial charge in [-0.2, -0.15) is 13.2 Å². The fourth-order valence-corrected chi connectivity index (χ4v) is 5.43. The Labute approximate surface area is 221 Å². The highest BCUT2D eigenvalue weighted by Gasteiger charge is 2.38. The maximum absolute atomic E-state index is 13.0. The van der Waals surface area contributed by atoms with Crippen LogP contribution in [0.15, 0.2) is 30.5 Å². The number of hydrogen-bond acceptors (Lipinski definition) is 6. The van der Waals surface area contributed by atoms with Crippen LogP contribution in [0.1, 0.15) is 58.0 Å². The predicted molar refractivity (Wildman–Crippen MR) is 136 cm³/mol. The van der Waals surface area contributed by atoms with Crippen LogP contribution in [-0.4, -0.2) is 79.9 Å². The molecule has 38 heavy (non-hydrogen) atoms. The zero-order valence-corrected chi connectivity index (χ0v) is 22.2. The first-order valence-electron chi connectivity index (χ1n) is 13.1. The molecule has 10 heteroatoms. The number of pyridine rings is 1. The predicted octanol–water partition coefficient (Wildman–Crippen LogP) is 4.81. The second-order valence-electron chi connectivity index (χ2n) is 9.88. The summed E-state index contributed by atoms with van der Waals surface area (Å²) in [5.74, 6) is 0.585. The van der Waals surface area contributed by atoms with Gasteiger partial charge in [0.25, 0.3) is 5.91 Å². The molecule has 0 spiro atoms. The number of amides is 1. The molecule has 3 heterocycles. The molecule has 1 aromatic carbocycles. The van der Waals surface area contributed by atoms with Crippen molar-refractivity contribution in [1.82, 2.24) is 14.8 Å². The SMILES string of the molecule is COCCOCCOc1ccc([C@H]2CCC[C@H]3CN(C(=O)c4ccc(C(F)(F)F)nc4)CCN32)c(C)c1C. The van der Waals surface area contributed by atoms with Crippen molar-refractivity contribution in [2.45, 2.75) is 51.4 Å². The molecule has 4 rings (SSSR count). The number of hydrogen-bond donors (Lipinski definition) is 0. The van der Waals surface area contributed by atoms with E-state index in [1.54, 1.807) is 12.0 Å². The maximum Gasteiger partial charge on any atom is 0.433 e. The number of rotatable bonds is 9. The van der Waals surface area contributed by atoms with Gasteiger partial charge in [-0.1, -0.05) is 6.07 Å². The Morgan fingerprint density at radius 2 is 1.82 bits per heavy atom. The van der Waals surface area contributed by atoms with E-state index < -0.39 is 11.9 Å². The van der Waals surface area contributed by atoms with Crippen LogP contribution >= 0.6 is 0 Å². The summed E-state index contributed by atoms with van der Waals surface area (Å²) < 4.78 is 54.9. The van der Waals surface area contributed by atoms with Crippen molar-refractivity contribution in [3.8, 4) is 5.75 Å². The van der Waals surface area contributed by atoms with Gasteiger partial charge in [-0.25, -0.2) is 0 Å². The van der Waals surface area contributed by atoms with E-state index in [4.69, 9.17) is 14.2 Å². The summed E-state index contributed by atoms with van der Waals surface area (Å²) in [4.78, 5) is 20.7. The van der Waals surface area contributed by atoms with E-state index in [2.05, 4.69) is 29.8 Å². The van der Waals surface area contributed by atoms with Gasteiger partial charge in [0.05, 0.1) is 25.4 Å². The zero-order chi connectivity index (χ0) is 27.3. The van der Waals surface area contributed by atoms with Gasteiger partial charge in [-0.15, -0.1) is 0 Å². The van der Waals surface area contributed by atoms with Crippen molar-refractivity contribution in [3.63, 3.8) is 0 Å². The maximum atomic E-state index is 13.0. The molecule has 0 aliphatic carbocycles. The van der Waals surface area contributed by atoms with Crippen molar-refractivity contribution < 1.29 is 32.2 Å². The highest BCUT2D eigenvalue weighted by atomic mass is 19.4. The van der Waals surface area contributed by atoms with Gasteiger partial charge < -0.3 is 19.1 Å². The van der Waals surface area contributed by atoms with Crippen LogP contribution in [0.5, 0.6) is 5.75 Å². The third-order valence-corrected chi connectivity index (χ3v) is 7.59. The molecule has 2 fully saturated rings. The number of piperazine rings is 1. The van der Waals surface area contributed by atoms with Crippen LogP contribution in [0.25, 0.3) is 0 Å². The number of carbonyl (C=O) groups is 1. The van der Waals surface area contributed by atoms with E-state index in [1.807, 2.05) is 6.07 Å². The molecule has 1 amide bonds. The summed E-state index contributed by atoms with van der Waals surface area (Å²) in [6.07, 6.45) is -0.424. The fourth-order valence-electron chi connectivity index (χ4n) is 5.43. The van der Waals surface area contributed by atoms with E-state index in [0.29, 0.717) is 46.1 Å². The molecule has 2 aliphatic rings. The van der Waals surface area contributed by atoms with E-state index in [9.17, 15) is 18.0 Å². The minimum Gasteiger partial charge on any atom is -0.491 e. The molecule has 0 unspecified atom stereocenters. The van der Waals surface area contributed by atoms with Gasteiger partial charge >= 0.3 is 6.18 Å². The van der Waals surface area contributed by atoms with Crippen molar-refractivity contribution in [1.29, 1.82) is 0 Å². The second kappa shape index (κ2) is 12.4. The first kappa shape index (κ1) is 28.3. The third kappa shape index (κ3) is 6.47. The van der Waals surface area contributed by atoms with E-state index in [1.165, 1.54) is 17.2 Å². The first-order valence-corrected chi connectivity index (χ1v) is 13.1. The standard InChI is InChI=1S/C28H36F3N3O4/c1-19-20(2)25(38-16-15-37-14-13-36-3)9-8-23(19)24-6-4-5-22-18-33(11-12-34(22)24)27(35)21-7-10-26(32-17-21)28(29,30)31/h7-10,17,22,24H,4-6,11-16,18H2,1-3H3/t22-,24+/m0/s1. The number of halogens is 3. The number of alkyl halides is 3. The highest BCUT2D eigenvalue weighted by molar-refractivity contribution is 5.94. The Morgan fingerprint density at radius 3 is 2.53 bits per heavy atom. The number of fused-ring (bicyclic) bond motifs is 1. The molecule has 2 atom stereocenters. The number of benzene rings is 1. The van der Waals surface area contributed by atoms with Crippen LogP contribution in [0.4, 0.5) is 13.2 Å². The molecule has 208 valence electrons. The van der Waals surface area contributed by atoms with Gasteiger partial charge in [0.2, 0.25) is 0 Å². The van der Waals surface area contributed by atoms with Gasteiger partial charge in [0.15, 0.2) is 0 Å². The quantitative estimate of drug-likeness (QED) is 0.430. The lowest BCUT2D eigenvalue weighted by molar-refractivity contribution is -0.141. The van der Waals surface area contributed by atoms with Crippen LogP contribution in [0, 0.1) is 13.8 Å². The van der Waals surface area contributed by atoms with E-state index in [-0.39, 0.29) is 23.6 Å². The lowest BCUT2D eigenvalue weighted by Gasteiger charge is -2.48. The number of ether oxygens (including phenoxy) is 3. The van der Waals surface area contributed by atoms with Crippen molar-refractivity contribution in [3.05, 3.63) is 58.4 Å². The van der Waals surface area contributed by atoms with Gasteiger partial charge in [-0.3, -0.25) is 14.7 Å². The van der Waals surface area contributed by atoms with Crippen LogP contribution in [-0.2, 0) is 15.7 Å². The van der Waals surface area contributed by atoms with E-state index >= 15 is 0 Å². The Hall–Kier alpha value is -2.69. The molecule has 0 N–H and O–H groups in total. The van der Waals surface area contributed by atoms with Gasteiger partial charge in [0.1, 0.15) is 18.1 Å². The first-order chi connectivity index (χ1) is 18.2. The Balaban J connectivity index is 1.39. The smallest absolute Gasteiger partial charge is 0.433 e. The van der Waals surface area contributed by atoms with Crippen LogP contribution in [0.3, 0.4) is 0 Å². The van der Waals surface area contributed by atoms with Gasteiger partial charge in [0, 0.05) is 45.0 Å². The molecule has 0 radical (unpaired) electrons. The summed E-state index contributed by atoms with van der Waals surface area (Å²) in [6, 6.07) is 6.73. The van der Waals surface area contributed by atoms with Crippen molar-refractivity contribution >= 4 is 5.91 Å². The average Bonchev–Trinajstić information content (AvgIpc) is 2.91. The highest BCUT2D eigenvalue weighted by Crippen LogP contribution is 2.39. The Kier molecular flexibility index (Phi) is 9.27. The minimum absolute atomic E-state index is 0.185. The summed E-state index contributed by atoms with van der Waals surface area (Å²) in [5, 5.41) is 0. The summed E-state index contributed by atoms with van der Waals surface area (Å²) in [7, 11) is 1.64. The molecule has 1 aromatic heterocycles. The third-order valence-electron chi connectivity index (χ3n) is 7.59. The van der Waals surface area contributed by atoms with Crippen molar-refractivity contribution in [2.24, 2.45) is 0 Å². The largest absolute Gasteiger partial charge is 0.491 e. The molecule has 2 aromatic rings. The minimum atomic E-state index is -4.52. The molecule has 2 aliphatic heterocycles. The Bertz CT molecular complexity index is 1090. The Morgan fingerprint density at radius 1 is 1.03 bits per heavy atom. The topological polar surface area (TPSA) is 64.1 Å². The zero-order valence-electron chi connectivity index (χ0n) is 22.2. The summed E-state index contributed by atoms with van der Waals surface area (Å²) in [5.41, 5.74) is 2.80. The fraction of sp³-hybridized carbons (Fsp3) is 0.571. The number of piperidine rings is 1. The lowest BCUT2D eigenvalue weighted by atomic mass is 9.86. The van der Waals surface area contributed by atoms with Crippen molar-refractivity contribution in [2.75, 3.05) is 53.2 Å². The number of aromatic nitrogens is 1. The molecule has 7 nitrogen and oxygen atoms in total. The normalized spacial score (nSPS) is 20.3. The molecule has 0 saturated carbocycles. The van der Waals surface area contributed by atoms with E-state index in [0.717, 1.165) is 42.8 Å². The number of carbonyl (C=O) groups excluding carboxylic acids is 1. The monoisotopic (exact) mass is 535 g/mol. The van der Waals surface area contributed by atoms with Crippen LogP contribution < -0.4 is 4.74 Å². The molecule has 2 saturated heterocycles. The summed E-state index contributed by atoms with van der Waals surface area (Å²) in [6.45, 7) is 8.07. The molecule has 0 bridgehead atoms. The van der Waals surface area contributed by atoms with Gasteiger partial charge in [-0.05, 0) is 68.0 Å². The lowest BCUT2D eigenvalue weighted by Crippen LogP contribution is -2.57.